The molecular weight excluding hydrogens is 408 g/mol. The van der Waals surface area contributed by atoms with Gasteiger partial charge in [-0.2, -0.15) is 0 Å². The number of hydrogen-bond acceptors (Lipinski definition) is 2. The van der Waals surface area contributed by atoms with Gasteiger partial charge in [-0.05, 0) is 41.5 Å². The van der Waals surface area contributed by atoms with E-state index in [0.29, 0.717) is 22.4 Å². The lowest BCUT2D eigenvalue weighted by Gasteiger charge is -2.13. The van der Waals surface area contributed by atoms with Crippen molar-refractivity contribution in [1.82, 2.24) is 0 Å². The molecule has 0 aliphatic rings. The lowest BCUT2D eigenvalue weighted by atomic mass is 9.97. The normalized spacial score (nSPS) is 10.1. The summed E-state index contributed by atoms with van der Waals surface area (Å²) >= 11 is 3.31. The number of aromatic carboxylic acids is 1. The number of carbonyl (C=O) groups is 2. The molecule has 0 unspecified atom stereocenters. The summed E-state index contributed by atoms with van der Waals surface area (Å²) in [5, 5.41) is 12.4. The van der Waals surface area contributed by atoms with Crippen LogP contribution in [0.1, 0.15) is 20.7 Å². The van der Waals surface area contributed by atoms with Crippen LogP contribution >= 0.6 is 15.9 Å². The maximum absolute atomic E-state index is 12.5. The fourth-order valence-corrected chi connectivity index (χ4v) is 2.90. The molecule has 3 aromatic carbocycles. The predicted molar refractivity (Wildman–Crippen MR) is 107 cm³/mol. The van der Waals surface area contributed by atoms with Crippen LogP contribution in [0, 0.1) is 6.57 Å². The Morgan fingerprint density at radius 1 is 0.963 bits per heavy atom. The van der Waals surface area contributed by atoms with Gasteiger partial charge in [-0.15, -0.1) is 0 Å². The first-order chi connectivity index (χ1) is 13.0. The predicted octanol–water partition coefficient (Wildman–Crippen LogP) is 5.62. The average Bonchev–Trinajstić information content (AvgIpc) is 2.68. The van der Waals surface area contributed by atoms with Crippen molar-refractivity contribution in [2.75, 3.05) is 5.32 Å². The van der Waals surface area contributed by atoms with E-state index in [-0.39, 0.29) is 11.3 Å². The Labute approximate surface area is 164 Å². The lowest BCUT2D eigenvalue weighted by Crippen LogP contribution is -2.15. The minimum atomic E-state index is -1.15. The van der Waals surface area contributed by atoms with Crippen LogP contribution < -0.4 is 5.32 Å². The van der Waals surface area contributed by atoms with Gasteiger partial charge in [-0.3, -0.25) is 4.79 Å². The Balaban J connectivity index is 2.00. The highest BCUT2D eigenvalue weighted by Gasteiger charge is 2.18. The van der Waals surface area contributed by atoms with Gasteiger partial charge < -0.3 is 10.4 Å². The maximum Gasteiger partial charge on any atom is 0.338 e. The molecule has 0 spiro atoms. The molecule has 0 radical (unpaired) electrons. The van der Waals surface area contributed by atoms with Gasteiger partial charge in [0, 0.05) is 10.0 Å². The summed E-state index contributed by atoms with van der Waals surface area (Å²) in [6.45, 7) is 7.02. The van der Waals surface area contributed by atoms with Gasteiger partial charge in [-0.25, -0.2) is 9.64 Å². The molecular formula is C21H13BrN2O3. The molecule has 0 fully saturated rings. The van der Waals surface area contributed by atoms with Crippen LogP contribution in [-0.4, -0.2) is 17.0 Å². The van der Waals surface area contributed by atoms with Gasteiger partial charge in [0.1, 0.15) is 0 Å². The zero-order chi connectivity index (χ0) is 19.4. The fraction of sp³-hybridized carbons (Fsp3) is 0. The molecule has 5 nitrogen and oxygen atoms in total. The van der Waals surface area contributed by atoms with Crippen molar-refractivity contribution in [1.29, 1.82) is 0 Å². The SMILES string of the molecule is [C-]#[N+]c1ccc(-c2cccc(NC(=O)c3ccc(Br)cc3)c2C(=O)O)cc1. The largest absolute Gasteiger partial charge is 0.478 e. The summed E-state index contributed by atoms with van der Waals surface area (Å²) in [4.78, 5) is 27.7. The number of halogens is 1. The van der Waals surface area contributed by atoms with Crippen molar-refractivity contribution in [2.24, 2.45) is 0 Å². The number of anilines is 1. The number of benzene rings is 3. The Morgan fingerprint density at radius 2 is 1.63 bits per heavy atom. The zero-order valence-electron chi connectivity index (χ0n) is 13.9. The number of carboxylic acids is 1. The van der Waals surface area contributed by atoms with E-state index in [2.05, 4.69) is 26.1 Å². The van der Waals surface area contributed by atoms with Crippen molar-refractivity contribution in [2.45, 2.75) is 0 Å². The molecule has 1 amide bonds. The summed E-state index contributed by atoms with van der Waals surface area (Å²) in [5.74, 6) is -1.54. The topological polar surface area (TPSA) is 70.8 Å². The maximum atomic E-state index is 12.5. The molecule has 0 aromatic heterocycles. The molecule has 0 bridgehead atoms. The molecule has 27 heavy (non-hydrogen) atoms. The van der Waals surface area contributed by atoms with E-state index < -0.39 is 11.9 Å². The van der Waals surface area contributed by atoms with Crippen molar-refractivity contribution in [3.8, 4) is 11.1 Å². The van der Waals surface area contributed by atoms with Crippen LogP contribution in [0.5, 0.6) is 0 Å². The molecule has 6 heteroatoms. The van der Waals surface area contributed by atoms with E-state index in [4.69, 9.17) is 6.57 Å². The molecule has 3 rings (SSSR count). The van der Waals surface area contributed by atoms with Gasteiger partial charge in [0.05, 0.1) is 17.8 Å². The van der Waals surface area contributed by atoms with Crippen LogP contribution in [-0.2, 0) is 0 Å². The van der Waals surface area contributed by atoms with Crippen LogP contribution in [0.15, 0.2) is 71.2 Å². The van der Waals surface area contributed by atoms with E-state index in [1.807, 2.05) is 0 Å². The van der Waals surface area contributed by atoms with Crippen LogP contribution in [0.2, 0.25) is 0 Å². The van der Waals surface area contributed by atoms with Crippen molar-refractivity contribution >= 4 is 39.2 Å². The second kappa shape index (κ2) is 7.85. The summed E-state index contributed by atoms with van der Waals surface area (Å²) in [5.41, 5.74) is 2.21. The molecule has 2 N–H and O–H groups in total. The molecule has 132 valence electrons. The smallest absolute Gasteiger partial charge is 0.338 e. The minimum absolute atomic E-state index is 0.00137. The van der Waals surface area contributed by atoms with E-state index in [1.54, 1.807) is 66.7 Å². The first-order valence-electron chi connectivity index (χ1n) is 7.90. The highest BCUT2D eigenvalue weighted by molar-refractivity contribution is 9.10. The second-order valence-electron chi connectivity index (χ2n) is 5.65. The van der Waals surface area contributed by atoms with E-state index in [0.717, 1.165) is 4.47 Å². The minimum Gasteiger partial charge on any atom is -0.478 e. The fourth-order valence-electron chi connectivity index (χ4n) is 2.64. The van der Waals surface area contributed by atoms with Gasteiger partial charge in [0.25, 0.3) is 5.91 Å². The van der Waals surface area contributed by atoms with Crippen molar-refractivity contribution < 1.29 is 14.7 Å². The van der Waals surface area contributed by atoms with Gasteiger partial charge >= 0.3 is 5.97 Å². The van der Waals surface area contributed by atoms with Gasteiger partial charge in [-0.1, -0.05) is 52.3 Å². The third kappa shape index (κ3) is 4.05. The van der Waals surface area contributed by atoms with Crippen molar-refractivity contribution in [3.05, 3.63) is 93.7 Å². The third-order valence-electron chi connectivity index (χ3n) is 3.94. The molecule has 0 aliphatic heterocycles. The first-order valence-corrected chi connectivity index (χ1v) is 8.70. The number of carboxylic acid groups (broad SMARTS) is 1. The van der Waals surface area contributed by atoms with Gasteiger partial charge in [0.2, 0.25) is 0 Å². The van der Waals surface area contributed by atoms with Crippen molar-refractivity contribution in [3.63, 3.8) is 0 Å². The number of nitrogens with one attached hydrogen (secondary N) is 1. The highest BCUT2D eigenvalue weighted by Crippen LogP contribution is 2.31. The van der Waals surface area contributed by atoms with E-state index >= 15 is 0 Å². The Bertz CT molecular complexity index is 1050. The summed E-state index contributed by atoms with van der Waals surface area (Å²) in [7, 11) is 0. The molecule has 0 saturated heterocycles. The van der Waals surface area contributed by atoms with Crippen LogP contribution in [0.25, 0.3) is 16.0 Å². The number of nitrogens with zero attached hydrogens (tertiary/aromatic N) is 1. The summed E-state index contributed by atoms with van der Waals surface area (Å²) in [6, 6.07) is 18.3. The Morgan fingerprint density at radius 3 is 2.22 bits per heavy atom. The number of hydrogen-bond donors (Lipinski definition) is 2. The monoisotopic (exact) mass is 420 g/mol. The van der Waals surface area contributed by atoms with E-state index in [9.17, 15) is 14.7 Å². The second-order valence-corrected chi connectivity index (χ2v) is 6.57. The molecule has 0 aliphatic carbocycles. The molecule has 3 aromatic rings. The molecule has 0 heterocycles. The Kier molecular flexibility index (Phi) is 5.34. The quantitative estimate of drug-likeness (QED) is 0.538. The van der Waals surface area contributed by atoms with Crippen LogP contribution in [0.4, 0.5) is 11.4 Å². The zero-order valence-corrected chi connectivity index (χ0v) is 15.5. The summed E-state index contributed by atoms with van der Waals surface area (Å²) in [6.07, 6.45) is 0. The standard InChI is InChI=1S/C21H13BrN2O3/c1-23-16-11-7-13(8-12-16)17-3-2-4-18(19(17)21(26)27)24-20(25)14-5-9-15(22)10-6-14/h2-12H,(H,24,25)(H,26,27). The third-order valence-corrected chi connectivity index (χ3v) is 4.47. The average molecular weight is 421 g/mol. The first kappa shape index (κ1) is 18.4. The van der Waals surface area contributed by atoms with Gasteiger partial charge in [0.15, 0.2) is 5.69 Å². The highest BCUT2D eigenvalue weighted by atomic mass is 79.9. The van der Waals surface area contributed by atoms with Crippen LogP contribution in [0.3, 0.4) is 0 Å². The Hall–Kier alpha value is -3.43. The number of amides is 1. The summed E-state index contributed by atoms with van der Waals surface area (Å²) < 4.78 is 0.843. The number of carbonyl (C=O) groups excluding carboxylic acids is 1. The molecule has 0 saturated carbocycles. The lowest BCUT2D eigenvalue weighted by molar-refractivity contribution is 0.0699. The molecule has 0 atom stereocenters. The van der Waals surface area contributed by atoms with E-state index in [1.165, 1.54) is 0 Å². The number of rotatable bonds is 4.